The second-order valence-electron chi connectivity index (χ2n) is 5.14. The van der Waals surface area contributed by atoms with Crippen LogP contribution in [-0.4, -0.2) is 13.1 Å². The Morgan fingerprint density at radius 1 is 1.05 bits per heavy atom. The van der Waals surface area contributed by atoms with Gasteiger partial charge in [0.05, 0.1) is 12.7 Å². The van der Waals surface area contributed by atoms with Gasteiger partial charge in [-0.2, -0.15) is 0 Å². The maximum absolute atomic E-state index is 11.5. The van der Waals surface area contributed by atoms with E-state index in [1.54, 1.807) is 12.1 Å². The van der Waals surface area contributed by atoms with Gasteiger partial charge in [0, 0.05) is 10.9 Å². The van der Waals surface area contributed by atoms with Crippen LogP contribution >= 0.6 is 8.46 Å². The van der Waals surface area contributed by atoms with Crippen LogP contribution < -0.4 is 0 Å². The predicted octanol–water partition coefficient (Wildman–Crippen LogP) is 4.47. The van der Waals surface area contributed by atoms with Gasteiger partial charge < -0.3 is 4.74 Å². The van der Waals surface area contributed by atoms with Gasteiger partial charge in [-0.25, -0.2) is 4.79 Å². The van der Waals surface area contributed by atoms with Crippen molar-refractivity contribution in [3.8, 4) is 0 Å². The zero-order valence-corrected chi connectivity index (χ0v) is 13.1. The highest BCUT2D eigenvalue weighted by Gasteiger charge is 2.20. The van der Waals surface area contributed by atoms with Crippen LogP contribution in [-0.2, 0) is 15.7 Å². The minimum absolute atomic E-state index is 0.0604. The number of esters is 1. The molecule has 0 saturated carbocycles. The van der Waals surface area contributed by atoms with Crippen molar-refractivity contribution in [3.63, 3.8) is 0 Å². The van der Waals surface area contributed by atoms with E-state index in [-0.39, 0.29) is 14.4 Å². The summed E-state index contributed by atoms with van der Waals surface area (Å²) in [5, 5.41) is 0.907. The van der Waals surface area contributed by atoms with Crippen molar-refractivity contribution < 1.29 is 14.1 Å². The number of benzene rings is 2. The van der Waals surface area contributed by atoms with E-state index in [1.165, 1.54) is 12.7 Å². The number of hydrogen-bond acceptors (Lipinski definition) is 3. The van der Waals surface area contributed by atoms with Crippen LogP contribution in [0.1, 0.15) is 33.5 Å². The molecule has 0 N–H and O–H groups in total. The van der Waals surface area contributed by atoms with E-state index in [2.05, 4.69) is 12.1 Å². The molecule has 2 aromatic carbocycles. The molecule has 1 aliphatic carbocycles. The standard InChI is InChI=1S/C18H15O3P/c1-21-18(19)14-8-6-13(7-9-14)17-15-5-3-2-4-12(15)10-11-16(17)22-20/h2-9H,10-11H2,1H3. The monoisotopic (exact) mass is 310 g/mol. The van der Waals surface area contributed by atoms with Crippen molar-refractivity contribution in [2.75, 3.05) is 7.11 Å². The molecule has 0 amide bonds. The van der Waals surface area contributed by atoms with Crippen LogP contribution in [0.15, 0.2) is 53.8 Å². The van der Waals surface area contributed by atoms with Gasteiger partial charge in [-0.1, -0.05) is 36.4 Å². The van der Waals surface area contributed by atoms with Gasteiger partial charge in [-0.3, -0.25) is 4.57 Å². The lowest BCUT2D eigenvalue weighted by atomic mass is 9.86. The van der Waals surface area contributed by atoms with E-state index in [1.807, 2.05) is 24.3 Å². The number of aryl methyl sites for hydroxylation is 1. The number of allylic oxidation sites excluding steroid dienone is 1. The molecule has 0 saturated heterocycles. The maximum atomic E-state index is 11.5. The summed E-state index contributed by atoms with van der Waals surface area (Å²) in [6.07, 6.45) is 1.70. The molecule has 3 nitrogen and oxygen atoms in total. The van der Waals surface area contributed by atoms with E-state index in [0.29, 0.717) is 5.56 Å². The van der Waals surface area contributed by atoms with Crippen molar-refractivity contribution in [1.29, 1.82) is 0 Å². The van der Waals surface area contributed by atoms with Gasteiger partial charge in [0.1, 0.15) is 0 Å². The van der Waals surface area contributed by atoms with Crippen LogP contribution in [0.3, 0.4) is 0 Å². The molecule has 0 atom stereocenters. The highest BCUT2D eigenvalue weighted by atomic mass is 31.1. The summed E-state index contributed by atoms with van der Waals surface area (Å²) < 4.78 is 16.3. The van der Waals surface area contributed by atoms with Crippen LogP contribution in [0.2, 0.25) is 0 Å². The number of rotatable bonds is 3. The zero-order valence-electron chi connectivity index (χ0n) is 12.2. The molecule has 0 aromatic heterocycles. The summed E-state index contributed by atoms with van der Waals surface area (Å²) in [7, 11) is 1.43. The lowest BCUT2D eigenvalue weighted by Gasteiger charge is -2.20. The molecule has 0 radical (unpaired) electrons. The van der Waals surface area contributed by atoms with E-state index >= 15 is 0 Å². The SMILES string of the molecule is COC(=O)c1ccc(C2=C(P=O)CCc3ccccc32)cc1. The molecule has 4 heteroatoms. The Morgan fingerprint density at radius 3 is 2.45 bits per heavy atom. The first-order chi connectivity index (χ1) is 10.7. The van der Waals surface area contributed by atoms with Crippen molar-refractivity contribution >= 4 is 20.0 Å². The molecule has 0 aliphatic heterocycles. The first kappa shape index (κ1) is 14.7. The molecule has 22 heavy (non-hydrogen) atoms. The number of fused-ring (bicyclic) bond motifs is 1. The van der Waals surface area contributed by atoms with Crippen LogP contribution in [0, 0.1) is 0 Å². The molecule has 3 rings (SSSR count). The Bertz CT molecular complexity index is 760. The van der Waals surface area contributed by atoms with Crippen molar-refractivity contribution in [2.24, 2.45) is 0 Å². The minimum Gasteiger partial charge on any atom is -0.465 e. The molecule has 0 unspecified atom stereocenters. The van der Waals surface area contributed by atoms with Crippen LogP contribution in [0.4, 0.5) is 0 Å². The number of ether oxygens (including phenoxy) is 1. The number of carbonyl (C=O) groups is 1. The number of hydrogen-bond donors (Lipinski definition) is 0. The van der Waals surface area contributed by atoms with Crippen LogP contribution in [0.25, 0.3) is 5.57 Å². The third kappa shape index (κ3) is 2.60. The summed E-state index contributed by atoms with van der Waals surface area (Å²) in [4.78, 5) is 11.5. The predicted molar refractivity (Wildman–Crippen MR) is 86.2 cm³/mol. The van der Waals surface area contributed by atoms with E-state index in [4.69, 9.17) is 4.74 Å². The van der Waals surface area contributed by atoms with E-state index in [9.17, 15) is 9.36 Å². The largest absolute Gasteiger partial charge is 0.465 e. The topological polar surface area (TPSA) is 43.4 Å². The summed E-state index contributed by atoms with van der Waals surface area (Å²) in [5.74, 6) is -0.355. The highest BCUT2D eigenvalue weighted by molar-refractivity contribution is 7.29. The van der Waals surface area contributed by atoms with Crippen molar-refractivity contribution in [1.82, 2.24) is 0 Å². The van der Waals surface area contributed by atoms with Crippen molar-refractivity contribution in [2.45, 2.75) is 12.8 Å². The van der Waals surface area contributed by atoms with E-state index < -0.39 is 0 Å². The summed E-state index contributed by atoms with van der Waals surface area (Å²) in [6.45, 7) is 0. The fraction of sp³-hybridized carbons (Fsp3) is 0.167. The molecule has 110 valence electrons. The molecular formula is C18H15O3P. The first-order valence-corrected chi connectivity index (χ1v) is 7.89. The van der Waals surface area contributed by atoms with Gasteiger partial charge in [-0.15, -0.1) is 0 Å². The Morgan fingerprint density at radius 2 is 1.77 bits per heavy atom. The van der Waals surface area contributed by atoms with Gasteiger partial charge in [0.25, 0.3) is 0 Å². The fourth-order valence-corrected chi connectivity index (χ4v) is 3.36. The Labute approximate surface area is 130 Å². The minimum atomic E-state index is -0.355. The second-order valence-corrected chi connectivity index (χ2v) is 5.86. The Kier molecular flexibility index (Phi) is 4.17. The Balaban J connectivity index is 2.10. The average molecular weight is 310 g/mol. The molecule has 0 heterocycles. The Hall–Kier alpha value is -2.25. The molecule has 0 bridgehead atoms. The fourth-order valence-electron chi connectivity index (χ4n) is 2.82. The number of carbonyl (C=O) groups excluding carboxylic acids is 1. The summed E-state index contributed by atoms with van der Waals surface area (Å²) in [5.41, 5.74) is 4.88. The molecule has 2 aromatic rings. The smallest absolute Gasteiger partial charge is 0.337 e. The van der Waals surface area contributed by atoms with Crippen molar-refractivity contribution in [3.05, 3.63) is 76.1 Å². The molecule has 0 fully saturated rings. The summed E-state index contributed by atoms with van der Waals surface area (Å²) in [6, 6.07) is 15.4. The normalized spacial score (nSPS) is 13.9. The highest BCUT2D eigenvalue weighted by Crippen LogP contribution is 2.40. The third-order valence-corrected chi connectivity index (χ3v) is 4.58. The third-order valence-electron chi connectivity index (χ3n) is 3.91. The summed E-state index contributed by atoms with van der Waals surface area (Å²) >= 11 is 0. The van der Waals surface area contributed by atoms with Crippen LogP contribution in [0.5, 0.6) is 0 Å². The average Bonchev–Trinajstić information content (AvgIpc) is 2.60. The van der Waals surface area contributed by atoms with Gasteiger partial charge in [0.2, 0.25) is 0 Å². The molecular weight excluding hydrogens is 295 g/mol. The molecule has 0 spiro atoms. The zero-order chi connectivity index (χ0) is 15.5. The second kappa shape index (κ2) is 6.25. The first-order valence-electron chi connectivity index (χ1n) is 7.08. The molecule has 1 aliphatic rings. The lowest BCUT2D eigenvalue weighted by molar-refractivity contribution is 0.0600. The van der Waals surface area contributed by atoms with Gasteiger partial charge in [0.15, 0.2) is 8.46 Å². The maximum Gasteiger partial charge on any atom is 0.337 e. The lowest BCUT2D eigenvalue weighted by Crippen LogP contribution is -2.05. The van der Waals surface area contributed by atoms with E-state index in [0.717, 1.165) is 34.9 Å². The van der Waals surface area contributed by atoms with Gasteiger partial charge >= 0.3 is 5.97 Å². The quantitative estimate of drug-likeness (QED) is 0.620. The number of methoxy groups -OCH3 is 1. The van der Waals surface area contributed by atoms with Gasteiger partial charge in [-0.05, 0) is 41.7 Å².